The minimum atomic E-state index is -0.125. The molecule has 0 aliphatic rings. The van der Waals surface area contributed by atoms with Gasteiger partial charge in [-0.25, -0.2) is 0 Å². The van der Waals surface area contributed by atoms with E-state index >= 15 is 0 Å². The normalized spacial score (nSPS) is 5.00. The van der Waals surface area contributed by atoms with E-state index < -0.39 is 0 Å². The van der Waals surface area contributed by atoms with Gasteiger partial charge in [-0.15, -0.1) is 0 Å². The van der Waals surface area contributed by atoms with Crippen molar-refractivity contribution in [3.8, 4) is 0 Å². The van der Waals surface area contributed by atoms with Crippen molar-refractivity contribution in [1.29, 1.82) is 0 Å². The van der Waals surface area contributed by atoms with Crippen LogP contribution in [0, 0.1) is 0 Å². The van der Waals surface area contributed by atoms with E-state index in [-0.39, 0.29) is 71.5 Å². The molecule has 0 aromatic heterocycles. The third-order valence-electron chi connectivity index (χ3n) is 0.1000. The molecule has 0 heterocycles. The average molecular weight is 120 g/mol. The summed E-state index contributed by atoms with van der Waals surface area (Å²) < 4.78 is 0. The van der Waals surface area contributed by atoms with E-state index in [0.717, 1.165) is 0 Å². The minimum Gasteiger partial charge on any atom is -1.00 e. The molecule has 36 valence electrons. The van der Waals surface area contributed by atoms with E-state index in [2.05, 4.69) is 0 Å². The summed E-state index contributed by atoms with van der Waals surface area (Å²) in [5, 5.41) is 15.2. The van der Waals surface area contributed by atoms with Crippen LogP contribution in [0.15, 0.2) is 0 Å². The van der Waals surface area contributed by atoms with Gasteiger partial charge in [-0.05, 0) is 0 Å². The molecular formula is C2H9KO3. The first-order chi connectivity index (χ1) is 1.91. The van der Waals surface area contributed by atoms with Crippen LogP contribution in [-0.2, 0) is 0 Å². The van der Waals surface area contributed by atoms with Crippen molar-refractivity contribution in [2.45, 2.75) is 0 Å². The first-order valence-corrected chi connectivity index (χ1v) is 1.13. The summed E-state index contributed by atoms with van der Waals surface area (Å²) in [7, 11) is 0. The molecule has 0 aliphatic heterocycles. The molecule has 0 bridgehead atoms. The largest absolute Gasteiger partial charge is 1.00 e. The van der Waals surface area contributed by atoms with Gasteiger partial charge in [0.15, 0.2) is 0 Å². The Morgan fingerprint density at radius 3 is 1.33 bits per heavy atom. The molecule has 6 heavy (non-hydrogen) atoms. The molecule has 0 aliphatic carbocycles. The fraction of sp³-hybridized carbons (Fsp3) is 1.00. The fourth-order valence-corrected chi connectivity index (χ4v) is 0. The van der Waals surface area contributed by atoms with Crippen molar-refractivity contribution in [1.82, 2.24) is 0 Å². The van der Waals surface area contributed by atoms with Crippen LogP contribution in [0.3, 0.4) is 0 Å². The molecule has 0 radical (unpaired) electrons. The van der Waals surface area contributed by atoms with Crippen LogP contribution in [0.5, 0.6) is 0 Å². The van der Waals surface area contributed by atoms with Crippen molar-refractivity contribution >= 4 is 0 Å². The quantitative estimate of drug-likeness (QED) is 0.341. The standard InChI is InChI=1S/C2H6O2.K.H2O.H/c3-1-2-4;;;/h3-4H,1-2H2;;1H2;/q;+1;;-1. The van der Waals surface area contributed by atoms with E-state index in [1.165, 1.54) is 0 Å². The van der Waals surface area contributed by atoms with E-state index in [9.17, 15) is 0 Å². The van der Waals surface area contributed by atoms with Crippen molar-refractivity contribution in [2.75, 3.05) is 13.2 Å². The summed E-state index contributed by atoms with van der Waals surface area (Å²) in [6, 6.07) is 0. The van der Waals surface area contributed by atoms with Gasteiger partial charge in [0.05, 0.1) is 13.2 Å². The Bertz CT molecular complexity index is 14.9. The van der Waals surface area contributed by atoms with Crippen LogP contribution in [0.25, 0.3) is 0 Å². The third-order valence-corrected chi connectivity index (χ3v) is 0.1000. The maximum absolute atomic E-state index is 7.62. The van der Waals surface area contributed by atoms with Gasteiger partial charge in [-0.2, -0.15) is 0 Å². The molecule has 0 aromatic carbocycles. The van der Waals surface area contributed by atoms with Gasteiger partial charge >= 0.3 is 51.4 Å². The number of hydrogen-bond acceptors (Lipinski definition) is 2. The van der Waals surface area contributed by atoms with E-state index in [1.807, 2.05) is 0 Å². The van der Waals surface area contributed by atoms with E-state index in [4.69, 9.17) is 10.2 Å². The maximum atomic E-state index is 7.62. The van der Waals surface area contributed by atoms with Crippen molar-refractivity contribution in [3.05, 3.63) is 0 Å². The Hall–Kier alpha value is 1.52. The monoisotopic (exact) mass is 120 g/mol. The van der Waals surface area contributed by atoms with E-state index in [0.29, 0.717) is 0 Å². The smallest absolute Gasteiger partial charge is 1.00 e. The average Bonchev–Trinajstić information content (AvgIpc) is 1.37. The fourth-order valence-electron chi connectivity index (χ4n) is 0. The second kappa shape index (κ2) is 16.0. The van der Waals surface area contributed by atoms with Crippen LogP contribution in [0.1, 0.15) is 1.43 Å². The molecule has 4 heteroatoms. The second-order valence-electron chi connectivity index (χ2n) is 0.447. The summed E-state index contributed by atoms with van der Waals surface area (Å²) in [5.41, 5.74) is 0. The van der Waals surface area contributed by atoms with Crippen LogP contribution in [0.2, 0.25) is 0 Å². The maximum Gasteiger partial charge on any atom is 1.00 e. The Labute approximate surface area is 80.6 Å². The second-order valence-corrected chi connectivity index (χ2v) is 0.447. The molecule has 0 spiro atoms. The molecule has 0 atom stereocenters. The molecule has 0 fully saturated rings. The zero-order chi connectivity index (χ0) is 3.41. The third kappa shape index (κ3) is 17.8. The topological polar surface area (TPSA) is 72.0 Å². The van der Waals surface area contributed by atoms with Crippen molar-refractivity contribution in [2.24, 2.45) is 0 Å². The summed E-state index contributed by atoms with van der Waals surface area (Å²) in [4.78, 5) is 0. The molecule has 0 aromatic rings. The van der Waals surface area contributed by atoms with Crippen molar-refractivity contribution < 1.29 is 68.5 Å². The SMILES string of the molecule is O.OCCO.[H-].[K+]. The van der Waals surface area contributed by atoms with Gasteiger partial charge in [0.25, 0.3) is 0 Å². The first kappa shape index (κ1) is 15.6. The van der Waals surface area contributed by atoms with Crippen LogP contribution >= 0.6 is 0 Å². The molecular weight excluding hydrogens is 111 g/mol. The number of rotatable bonds is 1. The van der Waals surface area contributed by atoms with Gasteiger partial charge in [-0.3, -0.25) is 0 Å². The number of aliphatic hydroxyl groups excluding tert-OH is 2. The molecule has 0 unspecified atom stereocenters. The summed E-state index contributed by atoms with van der Waals surface area (Å²) in [6.45, 7) is -0.250. The van der Waals surface area contributed by atoms with Crippen molar-refractivity contribution in [3.63, 3.8) is 0 Å². The van der Waals surface area contributed by atoms with Crippen LogP contribution < -0.4 is 51.4 Å². The van der Waals surface area contributed by atoms with Gasteiger partial charge in [-0.1, -0.05) is 0 Å². The summed E-state index contributed by atoms with van der Waals surface area (Å²) in [5.74, 6) is 0. The minimum absolute atomic E-state index is 0. The number of aliphatic hydroxyl groups is 2. The summed E-state index contributed by atoms with van der Waals surface area (Å²) in [6.07, 6.45) is 0. The first-order valence-electron chi connectivity index (χ1n) is 1.13. The predicted octanol–water partition coefficient (Wildman–Crippen LogP) is -4.74. The van der Waals surface area contributed by atoms with Crippen LogP contribution in [-0.4, -0.2) is 28.9 Å². The molecule has 0 rings (SSSR count). The molecule has 0 saturated carbocycles. The van der Waals surface area contributed by atoms with Gasteiger partial charge in [0.1, 0.15) is 0 Å². The molecule has 0 amide bonds. The Morgan fingerprint density at radius 2 is 1.33 bits per heavy atom. The zero-order valence-electron chi connectivity index (χ0n) is 4.81. The van der Waals surface area contributed by atoms with Gasteiger partial charge in [0, 0.05) is 0 Å². The van der Waals surface area contributed by atoms with Crippen LogP contribution in [0.4, 0.5) is 0 Å². The van der Waals surface area contributed by atoms with E-state index in [1.54, 1.807) is 0 Å². The summed E-state index contributed by atoms with van der Waals surface area (Å²) >= 11 is 0. The van der Waals surface area contributed by atoms with Gasteiger partial charge < -0.3 is 17.1 Å². The Balaban J connectivity index is -0.0000000150. The molecule has 4 N–H and O–H groups in total. The predicted molar refractivity (Wildman–Crippen MR) is 18.9 cm³/mol. The van der Waals surface area contributed by atoms with Gasteiger partial charge in [0.2, 0.25) is 0 Å². The number of hydrogen-bond donors (Lipinski definition) is 2. The Kier molecular flexibility index (Phi) is 41.8. The molecule has 0 saturated heterocycles. The molecule has 3 nitrogen and oxygen atoms in total. The Morgan fingerprint density at radius 1 is 1.17 bits per heavy atom. The zero-order valence-corrected chi connectivity index (χ0v) is 6.93.